The highest BCUT2D eigenvalue weighted by Crippen LogP contribution is 2.34. The molecule has 1 saturated heterocycles. The van der Waals surface area contributed by atoms with E-state index in [0.29, 0.717) is 23.5 Å². The number of ketones is 1. The van der Waals surface area contributed by atoms with Crippen LogP contribution >= 0.6 is 27.7 Å². The molecule has 4 aromatic carbocycles. The molecule has 178 valence electrons. The van der Waals surface area contributed by atoms with Gasteiger partial charge in [0.05, 0.1) is 11.4 Å². The molecular weight excluding hydrogens is 538 g/mol. The molecule has 0 bridgehead atoms. The zero-order valence-corrected chi connectivity index (χ0v) is 21.4. The second-order valence-electron chi connectivity index (χ2n) is 8.21. The number of imide groups is 1. The second kappa shape index (κ2) is 10.5. The Bertz CT molecular complexity index is 1510. The molecule has 1 aliphatic rings. The molecule has 1 fully saturated rings. The summed E-state index contributed by atoms with van der Waals surface area (Å²) < 4.78 is 6.92. The Morgan fingerprint density at radius 3 is 2.42 bits per heavy atom. The summed E-state index contributed by atoms with van der Waals surface area (Å²) in [6.07, 6.45) is 1.64. The number of benzene rings is 4. The van der Waals surface area contributed by atoms with Crippen LogP contribution in [0.25, 0.3) is 16.8 Å². The van der Waals surface area contributed by atoms with E-state index < -0.39 is 11.1 Å². The third kappa shape index (κ3) is 5.27. The summed E-state index contributed by atoms with van der Waals surface area (Å²) in [5, 5.41) is 1.83. The van der Waals surface area contributed by atoms with Gasteiger partial charge in [-0.15, -0.1) is 0 Å². The van der Waals surface area contributed by atoms with Crippen molar-refractivity contribution >= 4 is 61.5 Å². The quantitative estimate of drug-likeness (QED) is 0.179. The van der Waals surface area contributed by atoms with E-state index in [9.17, 15) is 14.4 Å². The number of carbonyl (C=O) groups excluding carboxylic acids is 3. The minimum atomic E-state index is -0.486. The summed E-state index contributed by atoms with van der Waals surface area (Å²) in [6, 6.07) is 28.5. The van der Waals surface area contributed by atoms with Gasteiger partial charge >= 0.3 is 0 Å². The topological polar surface area (TPSA) is 63.7 Å². The van der Waals surface area contributed by atoms with Crippen molar-refractivity contribution in [2.24, 2.45) is 0 Å². The largest absolute Gasteiger partial charge is 0.488 e. The molecule has 5 rings (SSSR count). The first-order valence-electron chi connectivity index (χ1n) is 11.2. The van der Waals surface area contributed by atoms with Crippen molar-refractivity contribution in [2.75, 3.05) is 6.54 Å². The van der Waals surface area contributed by atoms with Crippen molar-refractivity contribution in [2.45, 2.75) is 6.61 Å². The highest BCUT2D eigenvalue weighted by atomic mass is 79.9. The Balaban J connectivity index is 1.31. The fraction of sp³-hybridized carbons (Fsp3) is 0.0690. The van der Waals surface area contributed by atoms with Crippen LogP contribution in [0.15, 0.2) is 100 Å². The fourth-order valence-corrected chi connectivity index (χ4v) is 4.96. The Morgan fingerprint density at radius 2 is 1.61 bits per heavy atom. The molecule has 2 amide bonds. The van der Waals surface area contributed by atoms with E-state index in [0.717, 1.165) is 37.5 Å². The standard InChI is InChI=1S/C29H20BrNO4S/c30-24-13-11-21(12-14-24)25(32)17-31-28(33)27(36-29(31)34)16-23-7-3-4-8-26(23)35-18-19-9-10-20-5-1-2-6-22(20)15-19/h1-16H,17-18H2/b27-16-. The Kier molecular flexibility index (Phi) is 7.02. The minimum Gasteiger partial charge on any atom is -0.488 e. The summed E-state index contributed by atoms with van der Waals surface area (Å²) >= 11 is 4.15. The Labute approximate surface area is 220 Å². The minimum absolute atomic E-state index is 0.255. The van der Waals surface area contributed by atoms with Crippen LogP contribution in [0, 0.1) is 0 Å². The van der Waals surface area contributed by atoms with Gasteiger partial charge in [0.1, 0.15) is 12.4 Å². The normalized spacial score (nSPS) is 14.6. The first-order valence-corrected chi connectivity index (χ1v) is 12.8. The van der Waals surface area contributed by atoms with Gasteiger partial charge in [-0.1, -0.05) is 82.7 Å². The van der Waals surface area contributed by atoms with Crippen LogP contribution in [0.2, 0.25) is 0 Å². The van der Waals surface area contributed by atoms with Crippen molar-refractivity contribution in [3.8, 4) is 5.75 Å². The molecule has 4 aromatic rings. The van der Waals surface area contributed by atoms with Gasteiger partial charge in [-0.3, -0.25) is 19.3 Å². The van der Waals surface area contributed by atoms with Crippen LogP contribution in [0.4, 0.5) is 4.79 Å². The van der Waals surface area contributed by atoms with Gasteiger partial charge in [0.2, 0.25) is 0 Å². The van der Waals surface area contributed by atoms with Gasteiger partial charge in [0.15, 0.2) is 5.78 Å². The van der Waals surface area contributed by atoms with Gasteiger partial charge in [-0.05, 0) is 58.4 Å². The van der Waals surface area contributed by atoms with Gasteiger partial charge in [-0.2, -0.15) is 0 Å². The summed E-state index contributed by atoms with van der Waals surface area (Å²) in [5.74, 6) is -0.187. The average Bonchev–Trinajstić information content (AvgIpc) is 3.15. The number of thioether (sulfide) groups is 1. The molecule has 5 nitrogen and oxygen atoms in total. The van der Waals surface area contributed by atoms with E-state index in [1.807, 2.05) is 42.5 Å². The number of fused-ring (bicyclic) bond motifs is 1. The summed E-state index contributed by atoms with van der Waals surface area (Å²) in [4.78, 5) is 39.4. The fourth-order valence-electron chi connectivity index (χ4n) is 3.87. The SMILES string of the molecule is O=C(CN1C(=O)S/C(=C\c2ccccc2OCc2ccc3ccccc3c2)C1=O)c1ccc(Br)cc1. The first kappa shape index (κ1) is 24.0. The third-order valence-corrected chi connectivity index (χ3v) is 7.19. The third-order valence-electron chi connectivity index (χ3n) is 5.76. The van der Waals surface area contributed by atoms with Crippen molar-refractivity contribution in [1.82, 2.24) is 4.90 Å². The molecular formula is C29H20BrNO4S. The molecule has 1 heterocycles. The van der Waals surface area contributed by atoms with E-state index in [-0.39, 0.29) is 17.2 Å². The monoisotopic (exact) mass is 557 g/mol. The number of ether oxygens (including phenoxy) is 1. The highest BCUT2D eigenvalue weighted by Gasteiger charge is 2.36. The smallest absolute Gasteiger partial charge is 0.293 e. The van der Waals surface area contributed by atoms with Crippen LogP contribution < -0.4 is 4.74 Å². The number of hydrogen-bond donors (Lipinski definition) is 0. The van der Waals surface area contributed by atoms with Gasteiger partial charge < -0.3 is 4.74 Å². The Morgan fingerprint density at radius 1 is 0.889 bits per heavy atom. The molecule has 0 radical (unpaired) electrons. The molecule has 0 spiro atoms. The maximum Gasteiger partial charge on any atom is 0.293 e. The number of Topliss-reactive ketones (excluding diaryl/α,β-unsaturated/α-hetero) is 1. The zero-order valence-electron chi connectivity index (χ0n) is 19.0. The maximum absolute atomic E-state index is 13.0. The maximum atomic E-state index is 13.0. The van der Waals surface area contributed by atoms with Crippen LogP contribution in [0.1, 0.15) is 21.5 Å². The molecule has 0 aromatic heterocycles. The molecule has 0 N–H and O–H groups in total. The Hall–Kier alpha value is -3.68. The van der Waals surface area contributed by atoms with E-state index in [4.69, 9.17) is 4.74 Å². The van der Waals surface area contributed by atoms with Crippen LogP contribution in [-0.2, 0) is 11.4 Å². The predicted octanol–water partition coefficient (Wildman–Crippen LogP) is 7.10. The lowest BCUT2D eigenvalue weighted by Crippen LogP contribution is -2.33. The van der Waals surface area contributed by atoms with Gasteiger partial charge in [0.25, 0.3) is 11.1 Å². The van der Waals surface area contributed by atoms with E-state index >= 15 is 0 Å². The lowest BCUT2D eigenvalue weighted by Gasteiger charge is -2.12. The molecule has 7 heteroatoms. The highest BCUT2D eigenvalue weighted by molar-refractivity contribution is 9.10. The van der Waals surface area contributed by atoms with Crippen LogP contribution in [0.5, 0.6) is 5.75 Å². The lowest BCUT2D eigenvalue weighted by molar-refractivity contribution is -0.122. The van der Waals surface area contributed by atoms with Crippen LogP contribution in [-0.4, -0.2) is 28.4 Å². The van der Waals surface area contributed by atoms with Gasteiger partial charge in [0, 0.05) is 15.6 Å². The summed E-state index contributed by atoms with van der Waals surface area (Å²) in [6.45, 7) is 0.0581. The number of halogens is 1. The number of nitrogens with zero attached hydrogens (tertiary/aromatic N) is 1. The number of carbonyl (C=O) groups is 3. The van der Waals surface area contributed by atoms with Crippen molar-refractivity contribution in [3.05, 3.63) is 117 Å². The number of amides is 2. The lowest BCUT2D eigenvalue weighted by atomic mass is 10.1. The van der Waals surface area contributed by atoms with E-state index in [2.05, 4.69) is 40.2 Å². The molecule has 1 aliphatic heterocycles. The summed E-state index contributed by atoms with van der Waals surface area (Å²) in [5.41, 5.74) is 2.15. The van der Waals surface area contributed by atoms with Crippen LogP contribution in [0.3, 0.4) is 0 Å². The zero-order chi connectivity index (χ0) is 25.1. The van der Waals surface area contributed by atoms with E-state index in [1.165, 1.54) is 0 Å². The number of para-hydroxylation sites is 1. The van der Waals surface area contributed by atoms with E-state index in [1.54, 1.807) is 30.3 Å². The van der Waals surface area contributed by atoms with Crippen molar-refractivity contribution in [3.63, 3.8) is 0 Å². The number of hydrogen-bond acceptors (Lipinski definition) is 5. The average molecular weight is 558 g/mol. The molecule has 36 heavy (non-hydrogen) atoms. The first-order chi connectivity index (χ1) is 17.5. The second-order valence-corrected chi connectivity index (χ2v) is 10.1. The summed E-state index contributed by atoms with van der Waals surface area (Å²) in [7, 11) is 0. The molecule has 0 unspecified atom stereocenters. The predicted molar refractivity (Wildman–Crippen MR) is 146 cm³/mol. The van der Waals surface area contributed by atoms with Crippen molar-refractivity contribution < 1.29 is 19.1 Å². The molecule has 0 atom stereocenters. The number of rotatable bonds is 7. The molecule has 0 saturated carbocycles. The van der Waals surface area contributed by atoms with Gasteiger partial charge in [-0.25, -0.2) is 0 Å². The van der Waals surface area contributed by atoms with Crippen molar-refractivity contribution in [1.29, 1.82) is 0 Å². The molecule has 0 aliphatic carbocycles.